The summed E-state index contributed by atoms with van der Waals surface area (Å²) in [6, 6.07) is 11.1. The Morgan fingerprint density at radius 2 is 1.65 bits per heavy atom. The van der Waals surface area contributed by atoms with E-state index < -0.39 is 5.82 Å². The van der Waals surface area contributed by atoms with Gasteiger partial charge in [-0.1, -0.05) is 24.3 Å². The van der Waals surface area contributed by atoms with Crippen molar-refractivity contribution < 1.29 is 9.18 Å². The minimum atomic E-state index is -0.457. The number of carbonyl (C=O) groups excluding carboxylic acids is 1. The van der Waals surface area contributed by atoms with Gasteiger partial charge in [0, 0.05) is 13.1 Å². The summed E-state index contributed by atoms with van der Waals surface area (Å²) >= 11 is 0. The number of halogens is 2. The summed E-state index contributed by atoms with van der Waals surface area (Å²) in [5.74, 6) is -0.697. The Morgan fingerprint density at radius 1 is 1.04 bits per heavy atom. The van der Waals surface area contributed by atoms with Gasteiger partial charge in [0.15, 0.2) is 0 Å². The third-order valence-corrected chi connectivity index (χ3v) is 5.22. The number of amides is 1. The van der Waals surface area contributed by atoms with E-state index in [2.05, 4.69) is 12.2 Å². The molecule has 1 heterocycles. The monoisotopic (exact) mass is 376 g/mol. The molecule has 0 aliphatic carbocycles. The number of nitrogens with one attached hydrogen (secondary N) is 1. The van der Waals surface area contributed by atoms with Crippen LogP contribution in [0.15, 0.2) is 36.4 Å². The van der Waals surface area contributed by atoms with E-state index in [9.17, 15) is 9.18 Å². The maximum Gasteiger partial charge on any atom is 0.256 e. The topological polar surface area (TPSA) is 32.3 Å². The molecule has 3 rings (SSSR count). The van der Waals surface area contributed by atoms with Gasteiger partial charge in [-0.3, -0.25) is 4.79 Å². The van der Waals surface area contributed by atoms with Gasteiger partial charge in [0.2, 0.25) is 0 Å². The lowest BCUT2D eigenvalue weighted by atomic mass is 9.98. The number of benzene rings is 2. The molecule has 1 aliphatic rings. The maximum atomic E-state index is 14.6. The molecule has 0 aromatic heterocycles. The highest BCUT2D eigenvalue weighted by Gasteiger charge is 2.24. The highest BCUT2D eigenvalue weighted by atomic mass is 35.5. The lowest BCUT2D eigenvalue weighted by Gasteiger charge is -2.31. The standard InChI is InChI=1S/C21H25FN2O.ClH/c1-14-4-5-16(12-15(14)2)17-6-7-19(20(22)13-17)21(25)24(3)18-8-10-23-11-9-18;/h4-7,12-13,18,23H,8-11H2,1-3H3;1H. The first-order valence-corrected chi connectivity index (χ1v) is 8.82. The van der Waals surface area contributed by atoms with Crippen LogP contribution in [0.1, 0.15) is 34.3 Å². The van der Waals surface area contributed by atoms with Crippen LogP contribution < -0.4 is 5.32 Å². The fourth-order valence-corrected chi connectivity index (χ4v) is 3.34. The van der Waals surface area contributed by atoms with E-state index in [4.69, 9.17) is 0 Å². The van der Waals surface area contributed by atoms with Crippen molar-refractivity contribution in [1.29, 1.82) is 0 Å². The molecule has 0 atom stereocenters. The summed E-state index contributed by atoms with van der Waals surface area (Å²) in [7, 11) is 1.77. The smallest absolute Gasteiger partial charge is 0.256 e. The Bertz CT molecular complexity index is 788. The lowest BCUT2D eigenvalue weighted by molar-refractivity contribution is 0.0698. The number of hydrogen-bond acceptors (Lipinski definition) is 2. The normalized spacial score (nSPS) is 14.6. The van der Waals surface area contributed by atoms with Gasteiger partial charge in [-0.2, -0.15) is 0 Å². The Labute approximate surface area is 161 Å². The molecule has 0 radical (unpaired) electrons. The number of nitrogens with zero attached hydrogens (tertiary/aromatic N) is 1. The molecule has 1 amide bonds. The summed E-state index contributed by atoms with van der Waals surface area (Å²) in [4.78, 5) is 14.4. The minimum Gasteiger partial charge on any atom is -0.339 e. The third kappa shape index (κ3) is 4.25. The number of carbonyl (C=O) groups is 1. The van der Waals surface area contributed by atoms with Crippen molar-refractivity contribution in [2.45, 2.75) is 32.7 Å². The summed E-state index contributed by atoms with van der Waals surface area (Å²) in [5.41, 5.74) is 4.28. The summed E-state index contributed by atoms with van der Waals surface area (Å²) < 4.78 is 14.6. The van der Waals surface area contributed by atoms with E-state index in [1.165, 1.54) is 17.2 Å². The number of rotatable bonds is 3. The van der Waals surface area contributed by atoms with Gasteiger partial charge in [0.25, 0.3) is 5.91 Å². The van der Waals surface area contributed by atoms with E-state index in [0.29, 0.717) is 0 Å². The van der Waals surface area contributed by atoms with Crippen molar-refractivity contribution in [2.75, 3.05) is 20.1 Å². The molecule has 1 fully saturated rings. The Morgan fingerprint density at radius 3 is 2.27 bits per heavy atom. The van der Waals surface area contributed by atoms with Gasteiger partial charge in [-0.25, -0.2) is 4.39 Å². The fraction of sp³-hybridized carbons (Fsp3) is 0.381. The average molecular weight is 377 g/mol. The Hall–Kier alpha value is -1.91. The summed E-state index contributed by atoms with van der Waals surface area (Å²) in [6.45, 7) is 5.89. The predicted molar refractivity (Wildman–Crippen MR) is 107 cm³/mol. The largest absolute Gasteiger partial charge is 0.339 e. The quantitative estimate of drug-likeness (QED) is 0.863. The molecule has 1 aliphatic heterocycles. The van der Waals surface area contributed by atoms with E-state index in [-0.39, 0.29) is 29.9 Å². The number of hydrogen-bond donors (Lipinski definition) is 1. The molecule has 1 saturated heterocycles. The SMILES string of the molecule is Cc1ccc(-c2ccc(C(=O)N(C)C3CCNCC3)c(F)c2)cc1C.Cl. The van der Waals surface area contributed by atoms with Gasteiger partial charge < -0.3 is 10.2 Å². The van der Waals surface area contributed by atoms with Crippen LogP contribution in [0.4, 0.5) is 4.39 Å². The molecule has 0 unspecified atom stereocenters. The molecule has 5 heteroatoms. The molecule has 0 bridgehead atoms. The van der Waals surface area contributed by atoms with E-state index in [1.807, 2.05) is 31.2 Å². The zero-order chi connectivity index (χ0) is 18.0. The Kier molecular flexibility index (Phi) is 6.79. The third-order valence-electron chi connectivity index (χ3n) is 5.22. The van der Waals surface area contributed by atoms with Crippen molar-refractivity contribution >= 4 is 18.3 Å². The van der Waals surface area contributed by atoms with E-state index in [0.717, 1.165) is 37.1 Å². The van der Waals surface area contributed by atoms with Crippen LogP contribution in [-0.2, 0) is 0 Å². The summed E-state index contributed by atoms with van der Waals surface area (Å²) in [5, 5.41) is 3.28. The molecular formula is C21H26ClFN2O. The molecule has 1 N–H and O–H groups in total. The van der Waals surface area contributed by atoms with Gasteiger partial charge >= 0.3 is 0 Å². The molecule has 2 aromatic rings. The van der Waals surface area contributed by atoms with Crippen LogP contribution in [0.25, 0.3) is 11.1 Å². The fourth-order valence-electron chi connectivity index (χ4n) is 3.34. The first kappa shape index (κ1) is 20.4. The van der Waals surface area contributed by atoms with Crippen LogP contribution >= 0.6 is 12.4 Å². The van der Waals surface area contributed by atoms with Gasteiger partial charge in [0.05, 0.1) is 5.56 Å². The van der Waals surface area contributed by atoms with Crippen LogP contribution in [0.3, 0.4) is 0 Å². The predicted octanol–water partition coefficient (Wildman–Crippen LogP) is 4.36. The number of piperidine rings is 1. The van der Waals surface area contributed by atoms with Crippen molar-refractivity contribution in [1.82, 2.24) is 10.2 Å². The van der Waals surface area contributed by atoms with Crippen molar-refractivity contribution in [2.24, 2.45) is 0 Å². The van der Waals surface area contributed by atoms with Crippen molar-refractivity contribution in [3.8, 4) is 11.1 Å². The molecule has 140 valence electrons. The first-order chi connectivity index (χ1) is 12.0. The Balaban J connectivity index is 0.00000243. The maximum absolute atomic E-state index is 14.6. The highest BCUT2D eigenvalue weighted by molar-refractivity contribution is 5.95. The van der Waals surface area contributed by atoms with Crippen LogP contribution in [0, 0.1) is 19.7 Å². The minimum absolute atomic E-state index is 0. The molecule has 3 nitrogen and oxygen atoms in total. The lowest BCUT2D eigenvalue weighted by Crippen LogP contribution is -2.44. The molecule has 0 spiro atoms. The van der Waals surface area contributed by atoms with Gasteiger partial charge in [-0.05, 0) is 74.2 Å². The second-order valence-electron chi connectivity index (χ2n) is 6.89. The van der Waals surface area contributed by atoms with E-state index >= 15 is 0 Å². The molecule has 26 heavy (non-hydrogen) atoms. The molecular weight excluding hydrogens is 351 g/mol. The van der Waals surface area contributed by atoms with Crippen LogP contribution in [0.5, 0.6) is 0 Å². The van der Waals surface area contributed by atoms with Gasteiger partial charge in [0.1, 0.15) is 5.82 Å². The first-order valence-electron chi connectivity index (χ1n) is 8.82. The second kappa shape index (κ2) is 8.65. The second-order valence-corrected chi connectivity index (χ2v) is 6.89. The number of aryl methyl sites for hydroxylation is 2. The zero-order valence-corrected chi connectivity index (χ0v) is 16.3. The van der Waals surface area contributed by atoms with Crippen molar-refractivity contribution in [3.05, 3.63) is 58.9 Å². The molecule has 2 aromatic carbocycles. The van der Waals surface area contributed by atoms with Crippen LogP contribution in [-0.4, -0.2) is 37.0 Å². The highest BCUT2D eigenvalue weighted by Crippen LogP contribution is 2.25. The average Bonchev–Trinajstić information content (AvgIpc) is 2.63. The summed E-state index contributed by atoms with van der Waals surface area (Å²) in [6.07, 6.45) is 1.81. The van der Waals surface area contributed by atoms with E-state index in [1.54, 1.807) is 18.0 Å². The van der Waals surface area contributed by atoms with Gasteiger partial charge in [-0.15, -0.1) is 12.4 Å². The zero-order valence-electron chi connectivity index (χ0n) is 15.5. The van der Waals surface area contributed by atoms with Crippen molar-refractivity contribution in [3.63, 3.8) is 0 Å². The van der Waals surface area contributed by atoms with Crippen LogP contribution in [0.2, 0.25) is 0 Å². The molecule has 0 saturated carbocycles.